The van der Waals surface area contributed by atoms with Gasteiger partial charge in [0.15, 0.2) is 0 Å². The molecular formula is C5H9NO3. The molecule has 1 saturated heterocycles. The number of ether oxygens (including phenoxy) is 1. The van der Waals surface area contributed by atoms with Crippen molar-refractivity contribution in [1.29, 1.82) is 0 Å². The van der Waals surface area contributed by atoms with Crippen LogP contribution in [0, 0.1) is 0 Å². The smallest absolute Gasteiger partial charge is 0.323 e. The summed E-state index contributed by atoms with van der Waals surface area (Å²) < 4.78 is 4.39. The molecule has 4 heteroatoms. The van der Waals surface area contributed by atoms with E-state index in [0.29, 0.717) is 6.42 Å². The molecule has 1 aliphatic heterocycles. The molecule has 52 valence electrons. The van der Waals surface area contributed by atoms with Crippen LogP contribution in [-0.4, -0.2) is 30.5 Å². The van der Waals surface area contributed by atoms with Gasteiger partial charge in [-0.2, -0.15) is 0 Å². The number of aliphatic hydroxyl groups excluding tert-OH is 1. The maximum absolute atomic E-state index is 10.5. The molecule has 0 aromatic heterocycles. The van der Waals surface area contributed by atoms with Crippen LogP contribution in [-0.2, 0) is 9.53 Å². The zero-order valence-corrected chi connectivity index (χ0v) is 5.13. The molecule has 0 aromatic rings. The van der Waals surface area contributed by atoms with E-state index in [4.69, 9.17) is 5.11 Å². The lowest BCUT2D eigenvalue weighted by molar-refractivity contribution is -0.149. The van der Waals surface area contributed by atoms with Crippen molar-refractivity contribution in [1.82, 2.24) is 5.32 Å². The molecule has 0 radical (unpaired) electrons. The molecule has 0 amide bonds. The average molecular weight is 131 g/mol. The summed E-state index contributed by atoms with van der Waals surface area (Å²) >= 11 is 0. The minimum absolute atomic E-state index is 0.287. The van der Waals surface area contributed by atoms with Gasteiger partial charge in [-0.05, 0) is 0 Å². The monoisotopic (exact) mass is 131 g/mol. The number of hydrogen-bond acceptors (Lipinski definition) is 4. The van der Waals surface area contributed by atoms with Crippen molar-refractivity contribution in [2.75, 3.05) is 7.11 Å². The van der Waals surface area contributed by atoms with E-state index in [9.17, 15) is 4.79 Å². The number of hydrogen-bond donors (Lipinski definition) is 2. The maximum atomic E-state index is 10.5. The van der Waals surface area contributed by atoms with Crippen molar-refractivity contribution in [2.24, 2.45) is 0 Å². The van der Waals surface area contributed by atoms with Crippen molar-refractivity contribution < 1.29 is 14.6 Å². The lowest BCUT2D eigenvalue weighted by Crippen LogP contribution is -2.56. The Bertz CT molecular complexity index is 119. The summed E-state index contributed by atoms with van der Waals surface area (Å²) in [7, 11) is 1.33. The predicted molar refractivity (Wildman–Crippen MR) is 29.6 cm³/mol. The number of carbonyl (C=O) groups is 1. The van der Waals surface area contributed by atoms with Gasteiger partial charge in [0.25, 0.3) is 0 Å². The second kappa shape index (κ2) is 2.33. The summed E-state index contributed by atoms with van der Waals surface area (Å²) in [4.78, 5) is 10.5. The number of nitrogens with one attached hydrogen (secondary N) is 1. The fraction of sp³-hybridized carbons (Fsp3) is 0.800. The topological polar surface area (TPSA) is 58.6 Å². The first-order chi connectivity index (χ1) is 4.24. The largest absolute Gasteiger partial charge is 0.468 e. The Labute approximate surface area is 52.8 Å². The molecule has 1 aliphatic rings. The van der Waals surface area contributed by atoms with Gasteiger partial charge in [0.1, 0.15) is 12.3 Å². The normalized spacial score (nSPS) is 33.1. The Balaban J connectivity index is 2.23. The van der Waals surface area contributed by atoms with Crippen LogP contribution in [0.2, 0.25) is 0 Å². The Morgan fingerprint density at radius 3 is 2.78 bits per heavy atom. The summed E-state index contributed by atoms with van der Waals surface area (Å²) in [5, 5.41) is 11.2. The molecule has 2 atom stereocenters. The number of carbonyl (C=O) groups excluding carboxylic acids is 1. The van der Waals surface area contributed by atoms with Gasteiger partial charge in [0.05, 0.1) is 7.11 Å². The van der Waals surface area contributed by atoms with Crippen LogP contribution >= 0.6 is 0 Å². The first-order valence-electron chi connectivity index (χ1n) is 2.76. The van der Waals surface area contributed by atoms with Crippen LogP contribution in [0.1, 0.15) is 6.42 Å². The molecule has 0 saturated carbocycles. The van der Waals surface area contributed by atoms with Gasteiger partial charge in [-0.1, -0.05) is 0 Å². The number of esters is 1. The summed E-state index contributed by atoms with van der Waals surface area (Å²) in [6.07, 6.45) is -0.0544. The third-order valence-corrected chi connectivity index (χ3v) is 1.34. The Morgan fingerprint density at radius 1 is 1.89 bits per heavy atom. The first kappa shape index (κ1) is 6.51. The lowest BCUT2D eigenvalue weighted by atomic mass is 10.1. The van der Waals surface area contributed by atoms with Gasteiger partial charge in [-0.3, -0.25) is 10.1 Å². The van der Waals surface area contributed by atoms with E-state index in [2.05, 4.69) is 10.1 Å². The summed E-state index contributed by atoms with van der Waals surface area (Å²) in [5.74, 6) is -0.305. The van der Waals surface area contributed by atoms with E-state index < -0.39 is 6.23 Å². The van der Waals surface area contributed by atoms with E-state index in [-0.39, 0.29) is 12.0 Å². The third-order valence-electron chi connectivity index (χ3n) is 1.34. The van der Waals surface area contributed by atoms with Crippen molar-refractivity contribution >= 4 is 5.97 Å². The second-order valence-corrected chi connectivity index (χ2v) is 1.99. The van der Waals surface area contributed by atoms with E-state index >= 15 is 0 Å². The molecule has 2 N–H and O–H groups in total. The van der Waals surface area contributed by atoms with Crippen LogP contribution in [0.5, 0.6) is 0 Å². The average Bonchev–Trinajstić information content (AvgIpc) is 1.79. The summed E-state index contributed by atoms with van der Waals surface area (Å²) in [6, 6.07) is -0.287. The number of aliphatic hydroxyl groups is 1. The highest BCUT2D eigenvalue weighted by atomic mass is 16.5. The SMILES string of the molecule is COC(=O)[C@@H]1CC(O)N1. The minimum atomic E-state index is -0.519. The summed E-state index contributed by atoms with van der Waals surface area (Å²) in [5.41, 5.74) is 0. The number of rotatable bonds is 1. The fourth-order valence-electron chi connectivity index (χ4n) is 0.738. The molecule has 1 unspecified atom stereocenters. The maximum Gasteiger partial charge on any atom is 0.323 e. The first-order valence-corrected chi connectivity index (χ1v) is 2.76. The highest BCUT2D eigenvalue weighted by Crippen LogP contribution is 2.09. The highest BCUT2D eigenvalue weighted by Gasteiger charge is 2.32. The lowest BCUT2D eigenvalue weighted by Gasteiger charge is -2.30. The Kier molecular flexibility index (Phi) is 1.68. The van der Waals surface area contributed by atoms with Crippen molar-refractivity contribution in [3.63, 3.8) is 0 Å². The van der Waals surface area contributed by atoms with E-state index in [1.807, 2.05) is 0 Å². The molecule has 1 heterocycles. The van der Waals surface area contributed by atoms with Crippen LogP contribution in [0.25, 0.3) is 0 Å². The predicted octanol–water partition coefficient (Wildman–Crippen LogP) is -1.16. The Morgan fingerprint density at radius 2 is 2.44 bits per heavy atom. The van der Waals surface area contributed by atoms with Crippen LogP contribution in [0.3, 0.4) is 0 Å². The van der Waals surface area contributed by atoms with Crippen LogP contribution < -0.4 is 5.32 Å². The zero-order chi connectivity index (χ0) is 6.85. The van der Waals surface area contributed by atoms with Gasteiger partial charge in [-0.15, -0.1) is 0 Å². The van der Waals surface area contributed by atoms with Gasteiger partial charge >= 0.3 is 5.97 Å². The molecule has 0 aliphatic carbocycles. The molecule has 1 fully saturated rings. The Hall–Kier alpha value is -0.610. The molecule has 0 aromatic carbocycles. The van der Waals surface area contributed by atoms with Gasteiger partial charge in [0.2, 0.25) is 0 Å². The summed E-state index contributed by atoms with van der Waals surface area (Å²) in [6.45, 7) is 0. The fourth-order valence-corrected chi connectivity index (χ4v) is 0.738. The highest BCUT2D eigenvalue weighted by molar-refractivity contribution is 5.76. The molecular weight excluding hydrogens is 122 g/mol. The minimum Gasteiger partial charge on any atom is -0.468 e. The molecule has 0 bridgehead atoms. The quantitative estimate of drug-likeness (QED) is 0.441. The molecule has 4 nitrogen and oxygen atoms in total. The van der Waals surface area contributed by atoms with Crippen LogP contribution in [0.4, 0.5) is 0 Å². The van der Waals surface area contributed by atoms with E-state index in [1.165, 1.54) is 7.11 Å². The number of methoxy groups -OCH3 is 1. The van der Waals surface area contributed by atoms with E-state index in [0.717, 1.165) is 0 Å². The van der Waals surface area contributed by atoms with Gasteiger partial charge in [0, 0.05) is 6.42 Å². The molecule has 9 heavy (non-hydrogen) atoms. The van der Waals surface area contributed by atoms with Crippen molar-refractivity contribution in [3.8, 4) is 0 Å². The van der Waals surface area contributed by atoms with Gasteiger partial charge in [-0.25, -0.2) is 0 Å². The molecule has 0 spiro atoms. The second-order valence-electron chi connectivity index (χ2n) is 1.99. The zero-order valence-electron chi connectivity index (χ0n) is 5.13. The third kappa shape index (κ3) is 1.20. The van der Waals surface area contributed by atoms with Crippen molar-refractivity contribution in [2.45, 2.75) is 18.7 Å². The van der Waals surface area contributed by atoms with Crippen LogP contribution in [0.15, 0.2) is 0 Å². The van der Waals surface area contributed by atoms with Crippen molar-refractivity contribution in [3.05, 3.63) is 0 Å². The standard InChI is InChI=1S/C5H9NO3/c1-9-5(8)3-2-4(7)6-3/h3-4,6-7H,2H2,1H3/t3-,4?/m0/s1. The van der Waals surface area contributed by atoms with E-state index in [1.54, 1.807) is 0 Å². The van der Waals surface area contributed by atoms with Gasteiger partial charge < -0.3 is 9.84 Å². The molecule has 1 rings (SSSR count).